The van der Waals surface area contributed by atoms with Gasteiger partial charge in [0.15, 0.2) is 5.76 Å². The van der Waals surface area contributed by atoms with Gasteiger partial charge in [0.1, 0.15) is 0 Å². The summed E-state index contributed by atoms with van der Waals surface area (Å²) in [6.07, 6.45) is 0. The molecule has 0 saturated heterocycles. The summed E-state index contributed by atoms with van der Waals surface area (Å²) in [5, 5.41) is 2.14. The molecule has 8 heteroatoms. The smallest absolute Gasteiger partial charge is 0.294 e. The maximum Gasteiger partial charge on any atom is 0.294 e. The Morgan fingerprint density at radius 3 is 2.48 bits per heavy atom. The van der Waals surface area contributed by atoms with Crippen LogP contribution in [0.1, 0.15) is 21.0 Å². The molecule has 2 aromatic heterocycles. The predicted molar refractivity (Wildman–Crippen MR) is 122 cm³/mol. The molecular weight excluding hydrogens is 454 g/mol. The molecule has 4 rings (SSSR count). The molecule has 0 radical (unpaired) electrons. The second kappa shape index (κ2) is 8.70. The van der Waals surface area contributed by atoms with Crippen LogP contribution >= 0.6 is 22.9 Å². The van der Waals surface area contributed by atoms with E-state index in [1.165, 1.54) is 40.5 Å². The molecule has 0 fully saturated rings. The molecule has 0 spiro atoms. The standard InChI is InChI=1S/C23H18ClNO4S2/c1-16-7-9-20(10-8-16)31(27,28)22-12-11-21(29-22)23(26)25(15-19-6-3-13-30-19)18-5-2-4-17(24)14-18/h2-14H,15H2,1H3. The first-order valence-corrected chi connectivity index (χ1v) is 12.1. The number of thiophene rings is 1. The maximum absolute atomic E-state index is 13.3. The molecule has 2 aromatic carbocycles. The quantitative estimate of drug-likeness (QED) is 0.346. The van der Waals surface area contributed by atoms with Gasteiger partial charge in [-0.05, 0) is 60.8 Å². The molecule has 0 N–H and O–H groups in total. The summed E-state index contributed by atoms with van der Waals surface area (Å²) in [5.74, 6) is -0.525. The molecule has 0 atom stereocenters. The monoisotopic (exact) mass is 471 g/mol. The number of nitrogens with zero attached hydrogens (tertiary/aromatic N) is 1. The number of furan rings is 1. The van der Waals surface area contributed by atoms with Crippen LogP contribution in [-0.2, 0) is 16.4 Å². The van der Waals surface area contributed by atoms with Gasteiger partial charge in [-0.2, -0.15) is 0 Å². The Balaban J connectivity index is 1.68. The molecule has 0 aliphatic heterocycles. The fourth-order valence-electron chi connectivity index (χ4n) is 3.03. The van der Waals surface area contributed by atoms with Crippen molar-refractivity contribution in [1.82, 2.24) is 0 Å². The lowest BCUT2D eigenvalue weighted by Gasteiger charge is -2.21. The third-order valence-corrected chi connectivity index (χ3v) is 7.39. The van der Waals surface area contributed by atoms with Crippen LogP contribution in [0, 0.1) is 6.92 Å². The number of carbonyl (C=O) groups is 1. The van der Waals surface area contributed by atoms with E-state index in [1.54, 1.807) is 36.4 Å². The largest absolute Gasteiger partial charge is 0.439 e. The Morgan fingerprint density at radius 2 is 1.81 bits per heavy atom. The molecular formula is C23H18ClNO4S2. The number of benzene rings is 2. The number of carbonyl (C=O) groups excluding carboxylic acids is 1. The van der Waals surface area contributed by atoms with Crippen molar-refractivity contribution in [3.05, 3.63) is 99.4 Å². The van der Waals surface area contributed by atoms with Crippen molar-refractivity contribution in [2.75, 3.05) is 4.90 Å². The Morgan fingerprint density at radius 1 is 1.03 bits per heavy atom. The van der Waals surface area contributed by atoms with Crippen LogP contribution in [0.25, 0.3) is 0 Å². The summed E-state index contributed by atoms with van der Waals surface area (Å²) < 4.78 is 31.3. The molecule has 158 valence electrons. The van der Waals surface area contributed by atoms with E-state index in [0.717, 1.165) is 10.4 Å². The SMILES string of the molecule is Cc1ccc(S(=O)(=O)c2ccc(C(=O)N(Cc3cccs3)c3cccc(Cl)c3)o2)cc1. The highest BCUT2D eigenvalue weighted by atomic mass is 35.5. The van der Waals surface area contributed by atoms with Crippen LogP contribution in [0.5, 0.6) is 0 Å². The summed E-state index contributed by atoms with van der Waals surface area (Å²) >= 11 is 7.64. The fourth-order valence-corrected chi connectivity index (χ4v) is 5.08. The Labute approximate surface area is 189 Å². The van der Waals surface area contributed by atoms with Crippen molar-refractivity contribution in [2.45, 2.75) is 23.5 Å². The van der Waals surface area contributed by atoms with Gasteiger partial charge in [-0.15, -0.1) is 11.3 Å². The number of hydrogen-bond donors (Lipinski definition) is 0. The third-order valence-electron chi connectivity index (χ3n) is 4.65. The third kappa shape index (κ3) is 4.58. The molecule has 0 aliphatic rings. The summed E-state index contributed by atoms with van der Waals surface area (Å²) in [7, 11) is -3.87. The minimum absolute atomic E-state index is 0.0674. The zero-order valence-electron chi connectivity index (χ0n) is 16.5. The Kier molecular flexibility index (Phi) is 6.00. The number of anilines is 1. The van der Waals surface area contributed by atoms with Gasteiger partial charge in [0.2, 0.25) is 14.9 Å². The highest BCUT2D eigenvalue weighted by molar-refractivity contribution is 7.91. The number of halogens is 1. The van der Waals surface area contributed by atoms with Crippen LogP contribution in [-0.4, -0.2) is 14.3 Å². The zero-order valence-corrected chi connectivity index (χ0v) is 18.9. The summed E-state index contributed by atoms with van der Waals surface area (Å²) in [6, 6.07) is 19.9. The molecule has 2 heterocycles. The van der Waals surface area contributed by atoms with Gasteiger partial charge in [0.05, 0.1) is 11.4 Å². The molecule has 0 bridgehead atoms. The molecule has 5 nitrogen and oxygen atoms in total. The van der Waals surface area contributed by atoms with Crippen LogP contribution in [0.3, 0.4) is 0 Å². The normalized spacial score (nSPS) is 11.4. The highest BCUT2D eigenvalue weighted by Gasteiger charge is 2.27. The van der Waals surface area contributed by atoms with Gasteiger partial charge in [0, 0.05) is 15.6 Å². The number of aryl methyl sites for hydroxylation is 1. The van der Waals surface area contributed by atoms with E-state index in [0.29, 0.717) is 17.3 Å². The number of hydrogen-bond acceptors (Lipinski definition) is 5. The number of rotatable bonds is 6. The van der Waals surface area contributed by atoms with Gasteiger partial charge in [-0.25, -0.2) is 8.42 Å². The van der Waals surface area contributed by atoms with E-state index < -0.39 is 15.7 Å². The van der Waals surface area contributed by atoms with E-state index in [9.17, 15) is 13.2 Å². The van der Waals surface area contributed by atoms with E-state index >= 15 is 0 Å². The minimum Gasteiger partial charge on any atom is -0.439 e. The molecule has 4 aromatic rings. The topological polar surface area (TPSA) is 67.6 Å². The van der Waals surface area contributed by atoms with Crippen molar-refractivity contribution in [3.8, 4) is 0 Å². The highest BCUT2D eigenvalue weighted by Crippen LogP contribution is 2.28. The van der Waals surface area contributed by atoms with Crippen LogP contribution in [0.4, 0.5) is 5.69 Å². The Hall–Kier alpha value is -2.87. The first kappa shape index (κ1) is 21.4. The van der Waals surface area contributed by atoms with Gasteiger partial charge < -0.3 is 9.32 Å². The van der Waals surface area contributed by atoms with Crippen molar-refractivity contribution >= 4 is 44.4 Å². The second-order valence-electron chi connectivity index (χ2n) is 6.89. The lowest BCUT2D eigenvalue weighted by Crippen LogP contribution is -2.29. The van der Waals surface area contributed by atoms with Crippen molar-refractivity contribution in [3.63, 3.8) is 0 Å². The second-order valence-corrected chi connectivity index (χ2v) is 10.2. The van der Waals surface area contributed by atoms with E-state index in [2.05, 4.69) is 0 Å². The van der Waals surface area contributed by atoms with Gasteiger partial charge >= 0.3 is 0 Å². The summed E-state index contributed by atoms with van der Waals surface area (Å²) in [4.78, 5) is 15.9. The van der Waals surface area contributed by atoms with E-state index in [-0.39, 0.29) is 15.7 Å². The first-order chi connectivity index (χ1) is 14.8. The average molecular weight is 472 g/mol. The molecule has 0 saturated carbocycles. The van der Waals surface area contributed by atoms with Crippen molar-refractivity contribution in [1.29, 1.82) is 0 Å². The molecule has 1 amide bonds. The summed E-state index contributed by atoms with van der Waals surface area (Å²) in [6.45, 7) is 2.18. The van der Waals surface area contributed by atoms with E-state index in [4.69, 9.17) is 16.0 Å². The number of amides is 1. The van der Waals surface area contributed by atoms with Crippen LogP contribution < -0.4 is 4.90 Å². The van der Waals surface area contributed by atoms with Gasteiger partial charge in [0.25, 0.3) is 5.91 Å². The van der Waals surface area contributed by atoms with Gasteiger partial charge in [-0.3, -0.25) is 4.79 Å². The lowest BCUT2D eigenvalue weighted by molar-refractivity contribution is 0.0953. The zero-order chi connectivity index (χ0) is 22.0. The van der Waals surface area contributed by atoms with Crippen LogP contribution in [0.15, 0.2) is 92.6 Å². The molecule has 0 unspecified atom stereocenters. The average Bonchev–Trinajstić information content (AvgIpc) is 3.44. The molecule has 31 heavy (non-hydrogen) atoms. The van der Waals surface area contributed by atoms with Crippen molar-refractivity contribution < 1.29 is 17.6 Å². The fraction of sp³-hybridized carbons (Fsp3) is 0.0870. The van der Waals surface area contributed by atoms with E-state index in [1.807, 2.05) is 24.4 Å². The number of sulfone groups is 1. The minimum atomic E-state index is -3.87. The van der Waals surface area contributed by atoms with Crippen molar-refractivity contribution in [2.24, 2.45) is 0 Å². The lowest BCUT2D eigenvalue weighted by atomic mass is 10.2. The van der Waals surface area contributed by atoms with Gasteiger partial charge in [-0.1, -0.05) is 41.4 Å². The predicted octanol–water partition coefficient (Wildman–Crippen LogP) is 5.98. The first-order valence-electron chi connectivity index (χ1n) is 9.36. The Bertz CT molecular complexity index is 1310. The summed E-state index contributed by atoms with van der Waals surface area (Å²) in [5.41, 5.74) is 1.53. The van der Waals surface area contributed by atoms with Crippen LogP contribution in [0.2, 0.25) is 5.02 Å². The molecule has 0 aliphatic carbocycles. The maximum atomic E-state index is 13.3.